The summed E-state index contributed by atoms with van der Waals surface area (Å²) in [6, 6.07) is 32.7. The molecule has 0 saturated carbocycles. The number of benzene rings is 4. The zero-order valence-corrected chi connectivity index (χ0v) is 32.9. The van der Waals surface area contributed by atoms with Gasteiger partial charge in [0.1, 0.15) is 17.3 Å². The summed E-state index contributed by atoms with van der Waals surface area (Å²) in [4.78, 5) is 4.86. The van der Waals surface area contributed by atoms with E-state index in [0.717, 1.165) is 58.9 Å². The molecule has 0 aliphatic rings. The number of ether oxygens (including phenoxy) is 1. The molecule has 0 spiro atoms. The van der Waals surface area contributed by atoms with E-state index in [2.05, 4.69) is 164 Å². The van der Waals surface area contributed by atoms with Crippen LogP contribution in [0.4, 0.5) is 0 Å². The summed E-state index contributed by atoms with van der Waals surface area (Å²) in [5, 5.41) is 7.33. The van der Waals surface area contributed by atoms with Crippen LogP contribution in [0.25, 0.3) is 44.4 Å². The third-order valence-electron chi connectivity index (χ3n) is 9.95. The largest absolute Gasteiger partial charge is 0.457 e. The summed E-state index contributed by atoms with van der Waals surface area (Å²) in [5.41, 5.74) is 10.8. The van der Waals surface area contributed by atoms with Crippen LogP contribution in [-0.2, 0) is 24.7 Å². The number of rotatable bonds is 11. The average molecular weight is 703 g/mol. The molecule has 0 fully saturated rings. The third-order valence-corrected chi connectivity index (χ3v) is 9.95. The number of pyridine rings is 1. The SMILES string of the molecule is CC(C)Cc1ccnc(-n2c3ccccc3c3ccc(Oc4cc(-n5cc(-c6c(CC(C)C)cccc6CC(C)C)cn5)cc(C(C)(C)C)c4)cc32)c1. The fourth-order valence-electron chi connectivity index (χ4n) is 7.62. The molecule has 7 aromatic rings. The lowest BCUT2D eigenvalue weighted by atomic mass is 9.86. The molecule has 0 N–H and O–H groups in total. The minimum absolute atomic E-state index is 0.0958. The monoisotopic (exact) mass is 702 g/mol. The van der Waals surface area contributed by atoms with Crippen molar-refractivity contribution >= 4 is 21.8 Å². The fourth-order valence-corrected chi connectivity index (χ4v) is 7.62. The van der Waals surface area contributed by atoms with Crippen molar-refractivity contribution in [3.05, 3.63) is 132 Å². The van der Waals surface area contributed by atoms with Crippen LogP contribution < -0.4 is 4.74 Å². The Balaban J connectivity index is 1.30. The molecule has 0 bridgehead atoms. The van der Waals surface area contributed by atoms with E-state index in [1.54, 1.807) is 0 Å². The molecular formula is C48H54N4O. The maximum Gasteiger partial charge on any atom is 0.137 e. The van der Waals surface area contributed by atoms with Crippen molar-refractivity contribution in [3.8, 4) is 34.1 Å². The van der Waals surface area contributed by atoms with E-state index in [1.165, 1.54) is 38.6 Å². The Labute approximate surface area is 315 Å². The zero-order valence-electron chi connectivity index (χ0n) is 32.9. The lowest BCUT2D eigenvalue weighted by Gasteiger charge is -2.21. The Bertz CT molecular complexity index is 2360. The van der Waals surface area contributed by atoms with Gasteiger partial charge in [-0.25, -0.2) is 9.67 Å². The molecule has 0 radical (unpaired) electrons. The van der Waals surface area contributed by atoms with Gasteiger partial charge in [-0.2, -0.15) is 5.10 Å². The van der Waals surface area contributed by atoms with Crippen LogP contribution in [0.2, 0.25) is 0 Å². The van der Waals surface area contributed by atoms with Gasteiger partial charge in [0.05, 0.1) is 22.9 Å². The molecule has 5 nitrogen and oxygen atoms in total. The molecule has 3 heterocycles. The molecule has 0 atom stereocenters. The summed E-state index contributed by atoms with van der Waals surface area (Å²) in [6.07, 6.45) is 9.24. The number of nitrogens with zero attached hydrogens (tertiary/aromatic N) is 4. The van der Waals surface area contributed by atoms with Crippen molar-refractivity contribution in [2.45, 2.75) is 87.0 Å². The van der Waals surface area contributed by atoms with Crippen LogP contribution in [0.3, 0.4) is 0 Å². The van der Waals surface area contributed by atoms with Crippen LogP contribution in [0, 0.1) is 17.8 Å². The maximum atomic E-state index is 6.79. The normalized spacial score (nSPS) is 12.2. The molecule has 5 heteroatoms. The Morgan fingerprint density at radius 3 is 2.06 bits per heavy atom. The lowest BCUT2D eigenvalue weighted by Crippen LogP contribution is -2.12. The van der Waals surface area contributed by atoms with Crippen molar-refractivity contribution in [1.82, 2.24) is 19.3 Å². The molecule has 7 rings (SSSR count). The lowest BCUT2D eigenvalue weighted by molar-refractivity contribution is 0.478. The van der Waals surface area contributed by atoms with Gasteiger partial charge in [-0.3, -0.25) is 4.57 Å². The molecule has 272 valence electrons. The average Bonchev–Trinajstić information content (AvgIpc) is 3.70. The summed E-state index contributed by atoms with van der Waals surface area (Å²) >= 11 is 0. The van der Waals surface area contributed by atoms with Gasteiger partial charge in [0, 0.05) is 40.9 Å². The zero-order chi connectivity index (χ0) is 37.4. The second-order valence-corrected chi connectivity index (χ2v) is 17.0. The summed E-state index contributed by atoms with van der Waals surface area (Å²) in [7, 11) is 0. The van der Waals surface area contributed by atoms with Crippen molar-refractivity contribution in [3.63, 3.8) is 0 Å². The van der Waals surface area contributed by atoms with E-state index >= 15 is 0 Å². The van der Waals surface area contributed by atoms with Crippen molar-refractivity contribution in [1.29, 1.82) is 0 Å². The minimum Gasteiger partial charge on any atom is -0.457 e. The van der Waals surface area contributed by atoms with E-state index in [-0.39, 0.29) is 5.41 Å². The topological polar surface area (TPSA) is 44.9 Å². The molecule has 4 aromatic carbocycles. The van der Waals surface area contributed by atoms with Gasteiger partial charge >= 0.3 is 0 Å². The van der Waals surface area contributed by atoms with Crippen LogP contribution in [0.5, 0.6) is 11.5 Å². The van der Waals surface area contributed by atoms with Gasteiger partial charge in [0.25, 0.3) is 0 Å². The highest BCUT2D eigenvalue weighted by atomic mass is 16.5. The Morgan fingerprint density at radius 2 is 1.36 bits per heavy atom. The number of hydrogen-bond donors (Lipinski definition) is 0. The standard InChI is InChI=1S/C48H54N4O/c1-31(2)21-34-19-20-49-46(24-34)52-44-16-11-10-15-42(44)43-18-17-40(28-45(43)52)53-41-26-38(48(7,8)9)25-39(27-41)51-30-37(29-50-51)47-35(22-32(3)4)13-12-14-36(47)23-33(5)6/h10-20,24-33H,21-23H2,1-9H3. The van der Waals surface area contributed by atoms with Crippen LogP contribution in [0.15, 0.2) is 110 Å². The Hall–Kier alpha value is -5.16. The van der Waals surface area contributed by atoms with E-state index in [1.807, 2.05) is 17.1 Å². The predicted molar refractivity (Wildman–Crippen MR) is 222 cm³/mol. The first kappa shape index (κ1) is 36.2. The number of para-hydroxylation sites is 1. The number of fused-ring (bicyclic) bond motifs is 3. The van der Waals surface area contributed by atoms with E-state index in [9.17, 15) is 0 Å². The summed E-state index contributed by atoms with van der Waals surface area (Å²) in [6.45, 7) is 20.4. The predicted octanol–water partition coefficient (Wildman–Crippen LogP) is 12.7. The minimum atomic E-state index is -0.0958. The second-order valence-electron chi connectivity index (χ2n) is 17.0. The second kappa shape index (κ2) is 14.7. The fraction of sp³-hybridized carbons (Fsp3) is 0.333. The molecule has 0 unspecified atom stereocenters. The first-order valence-corrected chi connectivity index (χ1v) is 19.3. The molecule has 0 amide bonds. The molecule has 53 heavy (non-hydrogen) atoms. The van der Waals surface area contributed by atoms with E-state index in [0.29, 0.717) is 17.8 Å². The molecule has 0 saturated heterocycles. The van der Waals surface area contributed by atoms with Gasteiger partial charge in [-0.15, -0.1) is 0 Å². The molecule has 3 aromatic heterocycles. The third kappa shape index (κ3) is 7.81. The van der Waals surface area contributed by atoms with Gasteiger partial charge in [0.2, 0.25) is 0 Å². The Kier molecular flexibility index (Phi) is 10.0. The highest BCUT2D eigenvalue weighted by Crippen LogP contribution is 2.38. The van der Waals surface area contributed by atoms with Crippen molar-refractivity contribution < 1.29 is 4.74 Å². The quantitative estimate of drug-likeness (QED) is 0.135. The smallest absolute Gasteiger partial charge is 0.137 e. The summed E-state index contributed by atoms with van der Waals surface area (Å²) < 4.78 is 11.1. The van der Waals surface area contributed by atoms with Crippen molar-refractivity contribution in [2.75, 3.05) is 0 Å². The van der Waals surface area contributed by atoms with E-state index < -0.39 is 0 Å². The first-order valence-electron chi connectivity index (χ1n) is 19.3. The van der Waals surface area contributed by atoms with Gasteiger partial charge in [-0.1, -0.05) is 98.7 Å². The molecule has 0 aliphatic carbocycles. The van der Waals surface area contributed by atoms with Gasteiger partial charge < -0.3 is 4.74 Å². The van der Waals surface area contributed by atoms with E-state index in [4.69, 9.17) is 14.8 Å². The highest BCUT2D eigenvalue weighted by molar-refractivity contribution is 6.09. The molecular weight excluding hydrogens is 649 g/mol. The van der Waals surface area contributed by atoms with Gasteiger partial charge in [-0.05, 0) is 113 Å². The number of hydrogen-bond acceptors (Lipinski definition) is 3. The highest BCUT2D eigenvalue weighted by Gasteiger charge is 2.20. The first-order chi connectivity index (χ1) is 25.3. The maximum absolute atomic E-state index is 6.79. The Morgan fingerprint density at radius 1 is 0.660 bits per heavy atom. The van der Waals surface area contributed by atoms with Crippen LogP contribution in [-0.4, -0.2) is 19.3 Å². The van der Waals surface area contributed by atoms with Crippen molar-refractivity contribution in [2.24, 2.45) is 17.8 Å². The summed E-state index contributed by atoms with van der Waals surface area (Å²) in [5.74, 6) is 4.17. The molecule has 0 aliphatic heterocycles. The number of aromatic nitrogens is 4. The van der Waals surface area contributed by atoms with Gasteiger partial charge in [0.15, 0.2) is 0 Å². The van der Waals surface area contributed by atoms with Crippen LogP contribution in [0.1, 0.15) is 84.6 Å². The van der Waals surface area contributed by atoms with Crippen LogP contribution >= 0.6 is 0 Å².